The number of nitrogens with zero attached hydrogens (tertiary/aromatic N) is 2. The number of anilines is 1. The molecule has 1 aliphatic rings. The van der Waals surface area contributed by atoms with Crippen LogP contribution in [0.25, 0.3) is 6.08 Å². The second-order valence-corrected chi connectivity index (χ2v) is 2.60. The van der Waals surface area contributed by atoms with E-state index in [4.69, 9.17) is 0 Å². The number of rotatable bonds is 0. The molecule has 1 aliphatic heterocycles. The van der Waals surface area contributed by atoms with Crippen molar-refractivity contribution in [3.63, 3.8) is 0 Å². The van der Waals surface area contributed by atoms with Crippen LogP contribution in [0.15, 0.2) is 35.4 Å². The predicted octanol–water partition coefficient (Wildman–Crippen LogP) is 2.19. The zero-order chi connectivity index (χ0) is 9.26. The van der Waals surface area contributed by atoms with E-state index in [1.165, 1.54) is 6.08 Å². The number of hydrogen-bond donors (Lipinski definition) is 1. The molecule has 0 fully saturated rings. The van der Waals surface area contributed by atoms with Crippen LogP contribution in [-0.2, 0) is 0 Å². The van der Waals surface area contributed by atoms with Gasteiger partial charge in [0.2, 0.25) is 5.97 Å². The molecule has 1 heterocycles. The minimum absolute atomic E-state index is 0.464. The molecule has 0 spiro atoms. The molecule has 3 nitrogen and oxygen atoms in total. The van der Waals surface area contributed by atoms with Gasteiger partial charge in [-0.3, -0.25) is 5.21 Å². The second kappa shape index (κ2) is 2.99. The summed E-state index contributed by atoms with van der Waals surface area (Å²) in [6.07, 6.45) is 2.76. The molecule has 0 radical (unpaired) electrons. The molecule has 0 atom stereocenters. The van der Waals surface area contributed by atoms with Gasteiger partial charge in [-0.05, 0) is 18.2 Å². The molecule has 0 aliphatic carbocycles. The summed E-state index contributed by atoms with van der Waals surface area (Å²) < 4.78 is 12.7. The number of fused-ring (bicyclic) bond motifs is 1. The highest BCUT2D eigenvalue weighted by molar-refractivity contribution is 5.93. The van der Waals surface area contributed by atoms with Crippen molar-refractivity contribution in [3.05, 3.63) is 35.9 Å². The molecule has 4 heteroatoms. The van der Waals surface area contributed by atoms with Gasteiger partial charge in [0.25, 0.3) is 0 Å². The lowest BCUT2D eigenvalue weighted by atomic mass is 10.2. The van der Waals surface area contributed by atoms with Crippen molar-refractivity contribution in [2.75, 3.05) is 5.17 Å². The largest absolute Gasteiger partial charge is 0.267 e. The lowest BCUT2D eigenvalue weighted by Gasteiger charge is -2.10. The quantitative estimate of drug-likeness (QED) is 0.661. The summed E-state index contributed by atoms with van der Waals surface area (Å²) in [6, 6.07) is 6.97. The van der Waals surface area contributed by atoms with Crippen LogP contribution in [0, 0.1) is 0 Å². The molecular weight excluding hydrogens is 171 g/mol. The Morgan fingerprint density at radius 3 is 2.85 bits per heavy atom. The van der Waals surface area contributed by atoms with Gasteiger partial charge in [-0.15, -0.1) is 10.3 Å². The number of para-hydroxylation sites is 1. The SMILES string of the molecule is ON1N=C(F)C=Cc2ccccc21. The zero-order valence-electron chi connectivity index (χ0n) is 6.68. The Labute approximate surface area is 74.4 Å². The number of halogens is 1. The molecular formula is C9H7FN2O. The van der Waals surface area contributed by atoms with Crippen LogP contribution >= 0.6 is 0 Å². The van der Waals surface area contributed by atoms with Crippen molar-refractivity contribution in [2.24, 2.45) is 5.10 Å². The molecule has 0 unspecified atom stereocenters. The fourth-order valence-electron chi connectivity index (χ4n) is 1.15. The lowest BCUT2D eigenvalue weighted by molar-refractivity contribution is 0.258. The van der Waals surface area contributed by atoms with Crippen LogP contribution in [0.3, 0.4) is 0 Å². The summed E-state index contributed by atoms with van der Waals surface area (Å²) in [5, 5.41) is 13.1. The molecule has 0 saturated heterocycles. The standard InChI is InChI=1S/C9H7FN2O/c10-9-6-5-7-3-1-2-4-8(7)12(13)11-9/h1-6,13H. The second-order valence-electron chi connectivity index (χ2n) is 2.60. The summed E-state index contributed by atoms with van der Waals surface area (Å²) >= 11 is 0. The first-order chi connectivity index (χ1) is 6.27. The number of benzene rings is 1. The van der Waals surface area contributed by atoms with Gasteiger partial charge in [-0.1, -0.05) is 18.2 Å². The number of allylic oxidation sites excluding steroid dienone is 1. The Bertz CT molecular complexity index is 387. The van der Waals surface area contributed by atoms with Crippen LogP contribution in [0.4, 0.5) is 10.1 Å². The third-order valence-corrected chi connectivity index (χ3v) is 1.74. The van der Waals surface area contributed by atoms with Gasteiger partial charge in [-0.25, -0.2) is 0 Å². The van der Waals surface area contributed by atoms with E-state index in [2.05, 4.69) is 5.10 Å². The van der Waals surface area contributed by atoms with E-state index in [1.54, 1.807) is 30.3 Å². The van der Waals surface area contributed by atoms with Crippen molar-refractivity contribution >= 4 is 17.7 Å². The minimum Gasteiger partial charge on any atom is -0.267 e. The lowest BCUT2D eigenvalue weighted by Crippen LogP contribution is -2.11. The van der Waals surface area contributed by atoms with E-state index in [0.717, 1.165) is 5.56 Å². The van der Waals surface area contributed by atoms with Crippen molar-refractivity contribution in [1.82, 2.24) is 0 Å². The molecule has 1 aromatic carbocycles. The normalized spacial score (nSPS) is 14.9. The summed E-state index contributed by atoms with van der Waals surface area (Å²) in [6.45, 7) is 0. The Morgan fingerprint density at radius 2 is 2.00 bits per heavy atom. The van der Waals surface area contributed by atoms with Gasteiger partial charge in [0.1, 0.15) is 0 Å². The van der Waals surface area contributed by atoms with Gasteiger partial charge in [0.15, 0.2) is 0 Å². The Hall–Kier alpha value is -1.68. The van der Waals surface area contributed by atoms with Gasteiger partial charge >= 0.3 is 0 Å². The van der Waals surface area contributed by atoms with Crippen LogP contribution in [0.2, 0.25) is 0 Å². The fourth-order valence-corrected chi connectivity index (χ4v) is 1.15. The number of hydrogen-bond acceptors (Lipinski definition) is 3. The van der Waals surface area contributed by atoms with E-state index in [-0.39, 0.29) is 0 Å². The molecule has 1 N–H and O–H groups in total. The summed E-state index contributed by atoms with van der Waals surface area (Å²) in [7, 11) is 0. The highest BCUT2D eigenvalue weighted by Crippen LogP contribution is 2.22. The van der Waals surface area contributed by atoms with E-state index < -0.39 is 5.97 Å². The van der Waals surface area contributed by atoms with Gasteiger partial charge in [-0.2, -0.15) is 4.39 Å². The first-order valence-electron chi connectivity index (χ1n) is 3.77. The molecule has 2 rings (SSSR count). The Balaban J connectivity index is 2.55. The van der Waals surface area contributed by atoms with Crippen LogP contribution in [-0.4, -0.2) is 11.2 Å². The smallest absolute Gasteiger partial charge is 0.233 e. The molecule has 0 aromatic heterocycles. The van der Waals surface area contributed by atoms with Gasteiger partial charge in [0, 0.05) is 5.56 Å². The average molecular weight is 178 g/mol. The summed E-state index contributed by atoms with van der Waals surface area (Å²) in [4.78, 5) is 0. The molecule has 13 heavy (non-hydrogen) atoms. The van der Waals surface area contributed by atoms with Gasteiger partial charge in [0.05, 0.1) is 5.69 Å². The molecule has 0 bridgehead atoms. The summed E-state index contributed by atoms with van der Waals surface area (Å²) in [5.74, 6) is -0.723. The maximum atomic E-state index is 12.7. The van der Waals surface area contributed by atoms with Crippen LogP contribution in [0.1, 0.15) is 5.56 Å². The first-order valence-corrected chi connectivity index (χ1v) is 3.77. The topological polar surface area (TPSA) is 35.8 Å². The average Bonchev–Trinajstić information content (AvgIpc) is 2.27. The zero-order valence-corrected chi connectivity index (χ0v) is 6.68. The first kappa shape index (κ1) is 7.94. The van der Waals surface area contributed by atoms with Crippen LogP contribution < -0.4 is 5.17 Å². The molecule has 1 aromatic rings. The monoisotopic (exact) mass is 178 g/mol. The molecule has 0 amide bonds. The van der Waals surface area contributed by atoms with Gasteiger partial charge < -0.3 is 0 Å². The van der Waals surface area contributed by atoms with Crippen molar-refractivity contribution in [1.29, 1.82) is 0 Å². The third-order valence-electron chi connectivity index (χ3n) is 1.74. The Kier molecular flexibility index (Phi) is 1.83. The fraction of sp³-hybridized carbons (Fsp3) is 0. The van der Waals surface area contributed by atoms with Crippen molar-refractivity contribution in [2.45, 2.75) is 0 Å². The predicted molar refractivity (Wildman–Crippen MR) is 48.3 cm³/mol. The highest BCUT2D eigenvalue weighted by atomic mass is 19.1. The highest BCUT2D eigenvalue weighted by Gasteiger charge is 2.09. The van der Waals surface area contributed by atoms with E-state index >= 15 is 0 Å². The maximum Gasteiger partial charge on any atom is 0.233 e. The number of hydrazone groups is 1. The Morgan fingerprint density at radius 1 is 1.23 bits per heavy atom. The van der Waals surface area contributed by atoms with E-state index in [9.17, 15) is 9.60 Å². The molecule has 0 saturated carbocycles. The van der Waals surface area contributed by atoms with E-state index in [1.807, 2.05) is 0 Å². The minimum atomic E-state index is -0.723. The van der Waals surface area contributed by atoms with Crippen LogP contribution in [0.5, 0.6) is 0 Å². The van der Waals surface area contributed by atoms with Crippen molar-refractivity contribution in [3.8, 4) is 0 Å². The summed E-state index contributed by atoms with van der Waals surface area (Å²) in [5.41, 5.74) is 1.19. The van der Waals surface area contributed by atoms with Crippen molar-refractivity contribution < 1.29 is 9.60 Å². The third kappa shape index (κ3) is 1.43. The maximum absolute atomic E-state index is 12.7. The molecule has 66 valence electrons. The van der Waals surface area contributed by atoms with E-state index in [0.29, 0.717) is 10.9 Å².